The van der Waals surface area contributed by atoms with Crippen molar-refractivity contribution in [2.45, 2.75) is 39.2 Å². The number of amides is 1. The van der Waals surface area contributed by atoms with Crippen LogP contribution in [0.5, 0.6) is 0 Å². The summed E-state index contributed by atoms with van der Waals surface area (Å²) in [6.45, 7) is 6.25. The molecule has 3 nitrogen and oxygen atoms in total. The normalized spacial score (nSPS) is 14.8. The summed E-state index contributed by atoms with van der Waals surface area (Å²) < 4.78 is 5.07. The number of hydrogen-bond acceptors (Lipinski definition) is 2. The lowest BCUT2D eigenvalue weighted by atomic mass is 10.2. The quantitative estimate of drug-likeness (QED) is 0.681. The zero-order chi connectivity index (χ0) is 9.90. The summed E-state index contributed by atoms with van der Waals surface area (Å²) >= 11 is 0. The average molecular weight is 183 g/mol. The molecule has 3 heteroatoms. The summed E-state index contributed by atoms with van der Waals surface area (Å²) in [7, 11) is 0. The van der Waals surface area contributed by atoms with Gasteiger partial charge in [-0.2, -0.15) is 0 Å². The second kappa shape index (κ2) is 3.81. The largest absolute Gasteiger partial charge is 0.444 e. The molecule has 13 heavy (non-hydrogen) atoms. The molecular weight excluding hydrogens is 166 g/mol. The summed E-state index contributed by atoms with van der Waals surface area (Å²) in [6, 6.07) is 0. The number of hydrogen-bond donors (Lipinski definition) is 1. The molecular formula is C10H17NO2. The maximum Gasteiger partial charge on any atom is 0.407 e. The van der Waals surface area contributed by atoms with Crippen molar-refractivity contribution >= 4 is 6.09 Å². The molecule has 1 aliphatic carbocycles. The fourth-order valence-corrected chi connectivity index (χ4v) is 0.916. The number of carbonyl (C=O) groups is 1. The van der Waals surface area contributed by atoms with Gasteiger partial charge in [0.1, 0.15) is 5.60 Å². The molecule has 0 aromatic rings. The van der Waals surface area contributed by atoms with E-state index in [-0.39, 0.29) is 6.09 Å². The number of allylic oxidation sites excluding steroid dienone is 1. The van der Waals surface area contributed by atoms with Crippen LogP contribution in [0.1, 0.15) is 33.6 Å². The minimum absolute atomic E-state index is 0.325. The second-order valence-electron chi connectivity index (χ2n) is 4.25. The first-order chi connectivity index (χ1) is 5.97. The summed E-state index contributed by atoms with van der Waals surface area (Å²) in [5.41, 5.74) is 1.03. The Morgan fingerprint density at radius 2 is 2.23 bits per heavy atom. The van der Waals surface area contributed by atoms with E-state index >= 15 is 0 Å². The van der Waals surface area contributed by atoms with Crippen LogP contribution < -0.4 is 5.32 Å². The van der Waals surface area contributed by atoms with Crippen LogP contribution in [0.4, 0.5) is 4.79 Å². The van der Waals surface area contributed by atoms with Crippen molar-refractivity contribution < 1.29 is 9.53 Å². The third-order valence-corrected chi connectivity index (χ3v) is 1.61. The molecule has 0 aromatic carbocycles. The lowest BCUT2D eigenvalue weighted by Gasteiger charge is -2.19. The maximum atomic E-state index is 11.1. The molecule has 0 heterocycles. The summed E-state index contributed by atoms with van der Waals surface area (Å²) in [5.74, 6) is 0. The molecule has 74 valence electrons. The van der Waals surface area contributed by atoms with E-state index in [1.807, 2.05) is 20.8 Å². The highest BCUT2D eigenvalue weighted by atomic mass is 16.6. The number of ether oxygens (including phenoxy) is 1. The molecule has 0 aliphatic heterocycles. The van der Waals surface area contributed by atoms with Crippen molar-refractivity contribution in [2.24, 2.45) is 0 Å². The van der Waals surface area contributed by atoms with Crippen LogP contribution in [-0.4, -0.2) is 18.2 Å². The van der Waals surface area contributed by atoms with Gasteiger partial charge >= 0.3 is 6.09 Å². The third kappa shape index (κ3) is 5.28. The van der Waals surface area contributed by atoms with Crippen molar-refractivity contribution in [2.75, 3.05) is 6.54 Å². The van der Waals surface area contributed by atoms with Crippen molar-refractivity contribution in [1.82, 2.24) is 5.32 Å². The molecule has 0 unspecified atom stereocenters. The van der Waals surface area contributed by atoms with Crippen molar-refractivity contribution in [3.05, 3.63) is 11.6 Å². The van der Waals surface area contributed by atoms with Crippen LogP contribution in [0.2, 0.25) is 0 Å². The van der Waals surface area contributed by atoms with Gasteiger partial charge in [-0.15, -0.1) is 0 Å². The van der Waals surface area contributed by atoms with Gasteiger partial charge in [0.05, 0.1) is 0 Å². The fourth-order valence-electron chi connectivity index (χ4n) is 0.916. The molecule has 0 saturated carbocycles. The Hall–Kier alpha value is -0.990. The maximum absolute atomic E-state index is 11.1. The van der Waals surface area contributed by atoms with Crippen molar-refractivity contribution in [3.8, 4) is 0 Å². The van der Waals surface area contributed by atoms with Crippen LogP contribution in [-0.2, 0) is 4.74 Å². The highest BCUT2D eigenvalue weighted by molar-refractivity contribution is 5.67. The van der Waals surface area contributed by atoms with Gasteiger partial charge in [0.2, 0.25) is 0 Å². The Labute approximate surface area is 79.2 Å². The second-order valence-corrected chi connectivity index (χ2v) is 4.25. The van der Waals surface area contributed by atoms with Crippen LogP contribution in [0.3, 0.4) is 0 Å². The number of nitrogens with one attached hydrogen (secondary N) is 1. The molecule has 1 aliphatic rings. The van der Waals surface area contributed by atoms with E-state index in [1.54, 1.807) is 0 Å². The SMILES string of the molecule is CC(C)(C)OC(=O)NCCC1=CC1. The lowest BCUT2D eigenvalue weighted by molar-refractivity contribution is 0.0528. The van der Waals surface area contributed by atoms with Crippen LogP contribution in [0, 0.1) is 0 Å². The standard InChI is InChI=1S/C10H17NO2/c1-10(2,3)13-9(12)11-7-6-8-4-5-8/h4H,5-7H2,1-3H3,(H,11,12). The number of alkyl carbamates (subject to hydrolysis) is 1. The van der Waals surface area contributed by atoms with Gasteiger partial charge in [0, 0.05) is 6.54 Å². The predicted molar refractivity (Wildman–Crippen MR) is 51.6 cm³/mol. The topological polar surface area (TPSA) is 38.3 Å². The molecule has 0 atom stereocenters. The Morgan fingerprint density at radius 3 is 2.69 bits per heavy atom. The Kier molecular flexibility index (Phi) is 2.96. The van der Waals surface area contributed by atoms with Crippen LogP contribution >= 0.6 is 0 Å². The van der Waals surface area contributed by atoms with E-state index in [0.717, 1.165) is 12.8 Å². The third-order valence-electron chi connectivity index (χ3n) is 1.61. The molecule has 1 N–H and O–H groups in total. The van der Waals surface area contributed by atoms with Gasteiger partial charge in [-0.1, -0.05) is 11.6 Å². The van der Waals surface area contributed by atoms with Crippen molar-refractivity contribution in [3.63, 3.8) is 0 Å². The molecule has 0 aromatic heterocycles. The Balaban J connectivity index is 2.06. The van der Waals surface area contributed by atoms with Gasteiger partial charge in [0.25, 0.3) is 0 Å². The van der Waals surface area contributed by atoms with Crippen LogP contribution in [0.15, 0.2) is 11.6 Å². The van der Waals surface area contributed by atoms with E-state index in [9.17, 15) is 4.79 Å². The number of carbonyl (C=O) groups excluding carboxylic acids is 1. The van der Waals surface area contributed by atoms with Gasteiger partial charge in [-0.3, -0.25) is 0 Å². The zero-order valence-electron chi connectivity index (χ0n) is 8.52. The minimum atomic E-state index is -0.400. The fraction of sp³-hybridized carbons (Fsp3) is 0.700. The summed E-state index contributed by atoms with van der Waals surface area (Å²) in [5, 5.41) is 2.71. The summed E-state index contributed by atoms with van der Waals surface area (Å²) in [4.78, 5) is 11.1. The van der Waals surface area contributed by atoms with Crippen molar-refractivity contribution in [1.29, 1.82) is 0 Å². The minimum Gasteiger partial charge on any atom is -0.444 e. The summed E-state index contributed by atoms with van der Waals surface area (Å²) in [6.07, 6.45) is 3.92. The highest BCUT2D eigenvalue weighted by Gasteiger charge is 2.15. The van der Waals surface area contributed by atoms with E-state index in [1.165, 1.54) is 5.57 Å². The lowest BCUT2D eigenvalue weighted by Crippen LogP contribution is -2.32. The van der Waals surface area contributed by atoms with E-state index < -0.39 is 5.60 Å². The molecule has 0 spiro atoms. The molecule has 0 saturated heterocycles. The smallest absolute Gasteiger partial charge is 0.407 e. The van der Waals surface area contributed by atoms with Crippen LogP contribution in [0.25, 0.3) is 0 Å². The number of rotatable bonds is 3. The van der Waals surface area contributed by atoms with Gasteiger partial charge in [-0.25, -0.2) is 4.79 Å². The van der Waals surface area contributed by atoms with E-state index in [0.29, 0.717) is 6.54 Å². The highest BCUT2D eigenvalue weighted by Crippen LogP contribution is 2.20. The Morgan fingerprint density at radius 1 is 1.62 bits per heavy atom. The molecule has 1 rings (SSSR count). The Bertz CT molecular complexity index is 226. The molecule has 1 amide bonds. The van der Waals surface area contributed by atoms with Gasteiger partial charge < -0.3 is 10.1 Å². The first-order valence-electron chi connectivity index (χ1n) is 4.62. The van der Waals surface area contributed by atoms with E-state index in [4.69, 9.17) is 4.74 Å². The monoisotopic (exact) mass is 183 g/mol. The molecule has 0 bridgehead atoms. The van der Waals surface area contributed by atoms with E-state index in [2.05, 4.69) is 11.4 Å². The predicted octanol–water partition coefficient (Wildman–Crippen LogP) is 2.23. The average Bonchev–Trinajstić information content (AvgIpc) is 2.66. The van der Waals surface area contributed by atoms with Gasteiger partial charge in [-0.05, 0) is 33.6 Å². The first-order valence-corrected chi connectivity index (χ1v) is 4.62. The molecule has 0 radical (unpaired) electrons. The van der Waals surface area contributed by atoms with Gasteiger partial charge in [0.15, 0.2) is 0 Å². The zero-order valence-corrected chi connectivity index (χ0v) is 8.52. The first kappa shape index (κ1) is 10.1. The molecule has 0 fully saturated rings.